The van der Waals surface area contributed by atoms with Crippen LogP contribution in [-0.2, 0) is 0 Å². The summed E-state index contributed by atoms with van der Waals surface area (Å²) in [5.41, 5.74) is 0. The van der Waals surface area contributed by atoms with Crippen LogP contribution in [-0.4, -0.2) is 37.6 Å². The van der Waals surface area contributed by atoms with Crippen LogP contribution in [0.2, 0.25) is 0 Å². The Kier molecular flexibility index (Phi) is 4.74. The van der Waals surface area contributed by atoms with E-state index in [0.29, 0.717) is 0 Å². The molecule has 0 bridgehead atoms. The van der Waals surface area contributed by atoms with E-state index in [-0.39, 0.29) is 0 Å². The van der Waals surface area contributed by atoms with Crippen molar-refractivity contribution in [3.8, 4) is 0 Å². The van der Waals surface area contributed by atoms with Crippen molar-refractivity contribution in [2.45, 2.75) is 39.2 Å². The average molecular weight is 184 g/mol. The SMILES string of the molecule is CNCCCCN1CC(C)CC1C. The van der Waals surface area contributed by atoms with Crippen LogP contribution in [0, 0.1) is 5.92 Å². The first kappa shape index (κ1) is 11.0. The molecule has 1 aliphatic heterocycles. The first-order valence-corrected chi connectivity index (χ1v) is 5.62. The quantitative estimate of drug-likeness (QED) is 0.654. The van der Waals surface area contributed by atoms with Gasteiger partial charge < -0.3 is 10.2 Å². The van der Waals surface area contributed by atoms with Gasteiger partial charge in [-0.05, 0) is 52.2 Å². The Hall–Kier alpha value is -0.0800. The normalized spacial score (nSPS) is 29.8. The number of hydrogen-bond acceptors (Lipinski definition) is 2. The smallest absolute Gasteiger partial charge is 0.00700 e. The van der Waals surface area contributed by atoms with E-state index in [9.17, 15) is 0 Å². The Morgan fingerprint density at radius 2 is 2.08 bits per heavy atom. The Labute approximate surface area is 82.7 Å². The van der Waals surface area contributed by atoms with Gasteiger partial charge in [-0.3, -0.25) is 0 Å². The zero-order valence-electron chi connectivity index (χ0n) is 9.34. The Morgan fingerprint density at radius 1 is 1.31 bits per heavy atom. The van der Waals surface area contributed by atoms with Crippen LogP contribution in [0.1, 0.15) is 33.1 Å². The summed E-state index contributed by atoms with van der Waals surface area (Å²) in [5.74, 6) is 0.916. The van der Waals surface area contributed by atoms with Crippen LogP contribution >= 0.6 is 0 Å². The fraction of sp³-hybridized carbons (Fsp3) is 1.00. The molecule has 2 nitrogen and oxygen atoms in total. The fourth-order valence-corrected chi connectivity index (χ4v) is 2.31. The molecule has 0 aliphatic carbocycles. The van der Waals surface area contributed by atoms with Gasteiger partial charge in [0.25, 0.3) is 0 Å². The van der Waals surface area contributed by atoms with Crippen molar-refractivity contribution in [3.63, 3.8) is 0 Å². The van der Waals surface area contributed by atoms with Crippen LogP contribution in [0.5, 0.6) is 0 Å². The van der Waals surface area contributed by atoms with Crippen molar-refractivity contribution in [2.75, 3.05) is 26.7 Å². The molecule has 78 valence electrons. The second-order valence-corrected chi connectivity index (χ2v) is 4.50. The lowest BCUT2D eigenvalue weighted by atomic mass is 10.1. The van der Waals surface area contributed by atoms with E-state index in [1.807, 2.05) is 7.05 Å². The molecule has 0 saturated carbocycles. The summed E-state index contributed by atoms with van der Waals surface area (Å²) in [7, 11) is 2.03. The molecule has 1 saturated heterocycles. The highest BCUT2D eigenvalue weighted by atomic mass is 15.2. The molecule has 0 radical (unpaired) electrons. The molecule has 0 spiro atoms. The van der Waals surface area contributed by atoms with Gasteiger partial charge in [-0.25, -0.2) is 0 Å². The minimum atomic E-state index is 0.824. The lowest BCUT2D eigenvalue weighted by Crippen LogP contribution is -2.28. The van der Waals surface area contributed by atoms with Crippen LogP contribution in [0.15, 0.2) is 0 Å². The lowest BCUT2D eigenvalue weighted by Gasteiger charge is -2.20. The van der Waals surface area contributed by atoms with Crippen molar-refractivity contribution >= 4 is 0 Å². The van der Waals surface area contributed by atoms with Gasteiger partial charge in [0.15, 0.2) is 0 Å². The number of likely N-dealkylation sites (tertiary alicyclic amines) is 1. The Morgan fingerprint density at radius 3 is 2.62 bits per heavy atom. The molecule has 2 unspecified atom stereocenters. The van der Waals surface area contributed by atoms with Gasteiger partial charge in [0.05, 0.1) is 0 Å². The molecule has 1 aliphatic rings. The number of unbranched alkanes of at least 4 members (excludes halogenated alkanes) is 1. The Balaban J connectivity index is 2.07. The minimum absolute atomic E-state index is 0.824. The van der Waals surface area contributed by atoms with Gasteiger partial charge >= 0.3 is 0 Å². The lowest BCUT2D eigenvalue weighted by molar-refractivity contribution is 0.259. The maximum absolute atomic E-state index is 3.19. The maximum Gasteiger partial charge on any atom is 0.00700 e. The highest BCUT2D eigenvalue weighted by molar-refractivity contribution is 4.79. The first-order valence-electron chi connectivity index (χ1n) is 5.62. The molecule has 1 fully saturated rings. The fourth-order valence-electron chi connectivity index (χ4n) is 2.31. The molecule has 13 heavy (non-hydrogen) atoms. The predicted molar refractivity (Wildman–Crippen MR) is 58.0 cm³/mol. The molecule has 1 rings (SSSR count). The third-order valence-corrected chi connectivity index (χ3v) is 3.04. The number of rotatable bonds is 5. The van der Waals surface area contributed by atoms with Crippen LogP contribution in [0.25, 0.3) is 0 Å². The van der Waals surface area contributed by atoms with Crippen LogP contribution in [0.3, 0.4) is 0 Å². The first-order chi connectivity index (χ1) is 6.24. The summed E-state index contributed by atoms with van der Waals surface area (Å²) in [5, 5.41) is 3.19. The molecule has 2 heteroatoms. The third kappa shape index (κ3) is 3.65. The molecule has 0 aromatic rings. The van der Waals surface area contributed by atoms with E-state index in [4.69, 9.17) is 0 Å². The van der Waals surface area contributed by atoms with E-state index in [0.717, 1.165) is 18.5 Å². The standard InChI is InChI=1S/C11H24N2/c1-10-8-11(2)13(9-10)7-5-4-6-12-3/h10-12H,4-9H2,1-3H3. The van der Waals surface area contributed by atoms with E-state index >= 15 is 0 Å². The third-order valence-electron chi connectivity index (χ3n) is 3.04. The van der Waals surface area contributed by atoms with Crippen molar-refractivity contribution in [2.24, 2.45) is 5.92 Å². The van der Waals surface area contributed by atoms with Gasteiger partial charge in [0.1, 0.15) is 0 Å². The van der Waals surface area contributed by atoms with Crippen LogP contribution < -0.4 is 5.32 Å². The summed E-state index contributed by atoms with van der Waals surface area (Å²) in [4.78, 5) is 2.64. The topological polar surface area (TPSA) is 15.3 Å². The highest BCUT2D eigenvalue weighted by Gasteiger charge is 2.24. The van der Waals surface area contributed by atoms with Crippen LogP contribution in [0.4, 0.5) is 0 Å². The van der Waals surface area contributed by atoms with E-state index in [2.05, 4.69) is 24.1 Å². The molecule has 1 N–H and O–H groups in total. The van der Waals surface area contributed by atoms with Gasteiger partial charge in [-0.2, -0.15) is 0 Å². The minimum Gasteiger partial charge on any atom is -0.320 e. The van der Waals surface area contributed by atoms with Gasteiger partial charge in [-0.1, -0.05) is 6.92 Å². The monoisotopic (exact) mass is 184 g/mol. The summed E-state index contributed by atoms with van der Waals surface area (Å²) < 4.78 is 0. The molecule has 2 atom stereocenters. The molecule has 0 amide bonds. The van der Waals surface area contributed by atoms with E-state index in [1.165, 1.54) is 32.4 Å². The summed E-state index contributed by atoms with van der Waals surface area (Å²) in [6.45, 7) is 8.51. The summed E-state index contributed by atoms with van der Waals surface area (Å²) in [6, 6.07) is 0.824. The van der Waals surface area contributed by atoms with E-state index in [1.54, 1.807) is 0 Å². The second kappa shape index (κ2) is 5.61. The molecule has 0 aromatic carbocycles. The van der Waals surface area contributed by atoms with Gasteiger partial charge in [0, 0.05) is 12.6 Å². The zero-order valence-corrected chi connectivity index (χ0v) is 9.34. The number of nitrogens with one attached hydrogen (secondary N) is 1. The summed E-state index contributed by atoms with van der Waals surface area (Å²) in [6.07, 6.45) is 4.05. The molecule has 1 heterocycles. The molecular weight excluding hydrogens is 160 g/mol. The van der Waals surface area contributed by atoms with Gasteiger partial charge in [-0.15, -0.1) is 0 Å². The summed E-state index contributed by atoms with van der Waals surface area (Å²) >= 11 is 0. The van der Waals surface area contributed by atoms with Crippen molar-refractivity contribution in [1.82, 2.24) is 10.2 Å². The van der Waals surface area contributed by atoms with Crippen molar-refractivity contribution < 1.29 is 0 Å². The zero-order chi connectivity index (χ0) is 9.68. The number of hydrogen-bond donors (Lipinski definition) is 1. The largest absolute Gasteiger partial charge is 0.320 e. The second-order valence-electron chi connectivity index (χ2n) is 4.50. The number of nitrogens with zero attached hydrogens (tertiary/aromatic N) is 1. The average Bonchev–Trinajstić information content (AvgIpc) is 2.39. The maximum atomic E-state index is 3.19. The Bertz CT molecular complexity index is 136. The van der Waals surface area contributed by atoms with Crippen molar-refractivity contribution in [3.05, 3.63) is 0 Å². The highest BCUT2D eigenvalue weighted by Crippen LogP contribution is 2.22. The predicted octanol–water partition coefficient (Wildman–Crippen LogP) is 1.72. The van der Waals surface area contributed by atoms with E-state index < -0.39 is 0 Å². The molecule has 0 aromatic heterocycles. The molecular formula is C11H24N2. The van der Waals surface area contributed by atoms with Crippen molar-refractivity contribution in [1.29, 1.82) is 0 Å². The van der Waals surface area contributed by atoms with Gasteiger partial charge in [0.2, 0.25) is 0 Å².